The number of nitrogens with zero attached hydrogens (tertiary/aromatic N) is 2. The van der Waals surface area contributed by atoms with Crippen molar-refractivity contribution in [3.05, 3.63) is 23.8 Å². The normalized spacial score (nSPS) is 14.6. The monoisotopic (exact) mass is 308 g/mol. The highest BCUT2D eigenvalue weighted by Crippen LogP contribution is 2.20. The van der Waals surface area contributed by atoms with E-state index in [1.54, 1.807) is 39.0 Å². The molecule has 0 fully saturated rings. The van der Waals surface area contributed by atoms with Crippen molar-refractivity contribution in [2.75, 3.05) is 6.54 Å². The van der Waals surface area contributed by atoms with Gasteiger partial charge in [0, 0.05) is 6.54 Å². The molecule has 1 aromatic carbocycles. The topological polar surface area (TPSA) is 120 Å². The number of carbonyl (C=O) groups is 1. The molecular formula is C14H20N4O4. The van der Waals surface area contributed by atoms with Crippen molar-refractivity contribution >= 4 is 17.1 Å². The zero-order chi connectivity index (χ0) is 16.3. The summed E-state index contributed by atoms with van der Waals surface area (Å²) in [5, 5.41) is 32.8. The minimum Gasteiger partial charge on any atom is -0.444 e. The zero-order valence-electron chi connectivity index (χ0n) is 12.7. The molecule has 0 spiro atoms. The predicted molar refractivity (Wildman–Crippen MR) is 79.1 cm³/mol. The Morgan fingerprint density at radius 2 is 2.00 bits per heavy atom. The van der Waals surface area contributed by atoms with Crippen LogP contribution in [0.1, 0.15) is 32.4 Å². The number of aromatic nitrogens is 3. The number of benzene rings is 1. The lowest BCUT2D eigenvalue weighted by Gasteiger charge is -2.22. The third kappa shape index (κ3) is 4.15. The number of carbonyl (C=O) groups excluding carboxylic acids is 1. The highest BCUT2D eigenvalue weighted by atomic mass is 16.6. The number of fused-ring (bicyclic) bond motifs is 1. The maximum absolute atomic E-state index is 11.5. The van der Waals surface area contributed by atoms with E-state index >= 15 is 0 Å². The van der Waals surface area contributed by atoms with E-state index in [2.05, 4.69) is 20.7 Å². The van der Waals surface area contributed by atoms with Crippen LogP contribution < -0.4 is 5.32 Å². The SMILES string of the molecule is CC(C)(C)OC(=O)NCC(O)C(O)c1ccc2n[nH]nc2c1. The van der Waals surface area contributed by atoms with Crippen molar-refractivity contribution in [1.29, 1.82) is 0 Å². The first-order valence-corrected chi connectivity index (χ1v) is 6.90. The van der Waals surface area contributed by atoms with Gasteiger partial charge in [0.05, 0.1) is 0 Å². The molecule has 0 saturated carbocycles. The molecule has 0 bridgehead atoms. The van der Waals surface area contributed by atoms with Gasteiger partial charge in [-0.1, -0.05) is 6.07 Å². The number of ether oxygens (including phenoxy) is 1. The van der Waals surface area contributed by atoms with Gasteiger partial charge in [-0.3, -0.25) is 0 Å². The predicted octanol–water partition coefficient (Wildman–Crippen LogP) is 0.877. The fraction of sp³-hybridized carbons (Fsp3) is 0.500. The molecule has 1 aromatic heterocycles. The lowest BCUT2D eigenvalue weighted by Crippen LogP contribution is -2.38. The van der Waals surface area contributed by atoms with Crippen molar-refractivity contribution in [3.63, 3.8) is 0 Å². The zero-order valence-corrected chi connectivity index (χ0v) is 12.7. The summed E-state index contributed by atoms with van der Waals surface area (Å²) in [6.07, 6.45) is -2.97. The maximum Gasteiger partial charge on any atom is 0.407 e. The van der Waals surface area contributed by atoms with Gasteiger partial charge < -0.3 is 20.3 Å². The molecule has 8 heteroatoms. The standard InChI is InChI=1S/C14H20N4O4/c1-14(2,3)22-13(21)15-7-11(19)12(20)8-4-5-9-10(6-8)17-18-16-9/h4-6,11-12,19-20H,7H2,1-3H3,(H,15,21)(H,16,17,18). The Kier molecular flexibility index (Phi) is 4.62. The second-order valence-corrected chi connectivity index (χ2v) is 5.97. The fourth-order valence-electron chi connectivity index (χ4n) is 1.88. The summed E-state index contributed by atoms with van der Waals surface area (Å²) >= 11 is 0. The number of nitrogens with one attached hydrogen (secondary N) is 2. The van der Waals surface area contributed by atoms with Gasteiger partial charge in [0.2, 0.25) is 0 Å². The minimum absolute atomic E-state index is 0.132. The van der Waals surface area contributed by atoms with Crippen LogP contribution in [0, 0.1) is 0 Å². The van der Waals surface area contributed by atoms with E-state index in [1.165, 1.54) is 0 Å². The van der Waals surface area contributed by atoms with Crippen LogP contribution in [-0.4, -0.2) is 50.0 Å². The number of hydrogen-bond acceptors (Lipinski definition) is 6. The highest BCUT2D eigenvalue weighted by molar-refractivity contribution is 5.74. The fourth-order valence-corrected chi connectivity index (χ4v) is 1.88. The molecule has 2 aromatic rings. The lowest BCUT2D eigenvalue weighted by molar-refractivity contribution is 0.0130. The van der Waals surface area contributed by atoms with E-state index in [0.29, 0.717) is 16.6 Å². The van der Waals surface area contributed by atoms with Gasteiger partial charge in [0.15, 0.2) is 0 Å². The third-order valence-electron chi connectivity index (χ3n) is 2.90. The van der Waals surface area contributed by atoms with Crippen LogP contribution in [0.5, 0.6) is 0 Å². The van der Waals surface area contributed by atoms with Crippen molar-refractivity contribution in [1.82, 2.24) is 20.7 Å². The molecule has 4 N–H and O–H groups in total. The van der Waals surface area contributed by atoms with Crippen LogP contribution in [0.2, 0.25) is 0 Å². The second-order valence-electron chi connectivity index (χ2n) is 5.97. The van der Waals surface area contributed by atoms with Crippen LogP contribution in [0.3, 0.4) is 0 Å². The van der Waals surface area contributed by atoms with Crippen molar-refractivity contribution in [2.45, 2.75) is 38.6 Å². The van der Waals surface area contributed by atoms with Gasteiger partial charge in [-0.2, -0.15) is 15.4 Å². The molecule has 0 aliphatic carbocycles. The number of aliphatic hydroxyl groups excluding tert-OH is 2. The summed E-state index contributed by atoms with van der Waals surface area (Å²) in [6.45, 7) is 5.09. The Morgan fingerprint density at radius 3 is 2.68 bits per heavy atom. The average Bonchev–Trinajstić information content (AvgIpc) is 2.89. The molecule has 22 heavy (non-hydrogen) atoms. The molecule has 0 aliphatic heterocycles. The van der Waals surface area contributed by atoms with Crippen LogP contribution in [-0.2, 0) is 4.74 Å². The largest absolute Gasteiger partial charge is 0.444 e. The Hall–Kier alpha value is -2.19. The quantitative estimate of drug-likeness (QED) is 0.665. The summed E-state index contributed by atoms with van der Waals surface area (Å²) in [5.74, 6) is 0. The summed E-state index contributed by atoms with van der Waals surface area (Å²) in [7, 11) is 0. The van der Waals surface area contributed by atoms with E-state index in [0.717, 1.165) is 0 Å². The molecular weight excluding hydrogens is 288 g/mol. The van der Waals surface area contributed by atoms with E-state index in [9.17, 15) is 15.0 Å². The van der Waals surface area contributed by atoms with E-state index < -0.39 is 23.9 Å². The first-order valence-electron chi connectivity index (χ1n) is 6.90. The van der Waals surface area contributed by atoms with Crippen molar-refractivity contribution < 1.29 is 19.7 Å². The number of H-pyrrole nitrogens is 1. The molecule has 1 amide bonds. The number of aromatic amines is 1. The Morgan fingerprint density at radius 1 is 1.32 bits per heavy atom. The molecule has 0 saturated heterocycles. The Labute approximate surface area is 127 Å². The number of alkyl carbamates (subject to hydrolysis) is 1. The first kappa shape index (κ1) is 16.2. The lowest BCUT2D eigenvalue weighted by atomic mass is 10.0. The number of rotatable bonds is 4. The van der Waals surface area contributed by atoms with E-state index in [1.807, 2.05) is 0 Å². The van der Waals surface area contributed by atoms with Gasteiger partial charge in [0.1, 0.15) is 28.8 Å². The number of amides is 1. The van der Waals surface area contributed by atoms with Crippen LogP contribution in [0.15, 0.2) is 18.2 Å². The van der Waals surface area contributed by atoms with Crippen molar-refractivity contribution in [3.8, 4) is 0 Å². The Bertz CT molecular complexity index is 650. The summed E-state index contributed by atoms with van der Waals surface area (Å²) in [6, 6.07) is 4.96. The maximum atomic E-state index is 11.5. The smallest absolute Gasteiger partial charge is 0.407 e. The molecule has 0 radical (unpaired) electrons. The molecule has 2 rings (SSSR count). The molecule has 2 atom stereocenters. The van der Waals surface area contributed by atoms with E-state index in [4.69, 9.17) is 4.74 Å². The third-order valence-corrected chi connectivity index (χ3v) is 2.90. The van der Waals surface area contributed by atoms with Gasteiger partial charge in [0.25, 0.3) is 0 Å². The average molecular weight is 308 g/mol. The second kappa shape index (κ2) is 6.29. The van der Waals surface area contributed by atoms with Gasteiger partial charge in [-0.25, -0.2) is 4.79 Å². The summed E-state index contributed by atoms with van der Waals surface area (Å²) in [4.78, 5) is 11.5. The van der Waals surface area contributed by atoms with Crippen LogP contribution in [0.4, 0.5) is 4.79 Å². The molecule has 120 valence electrons. The van der Waals surface area contributed by atoms with Gasteiger partial charge >= 0.3 is 6.09 Å². The van der Waals surface area contributed by atoms with Gasteiger partial charge in [-0.05, 0) is 38.5 Å². The molecule has 8 nitrogen and oxygen atoms in total. The summed E-state index contributed by atoms with van der Waals surface area (Å²) < 4.78 is 5.06. The van der Waals surface area contributed by atoms with Crippen LogP contribution in [0.25, 0.3) is 11.0 Å². The van der Waals surface area contributed by atoms with Crippen LogP contribution >= 0.6 is 0 Å². The van der Waals surface area contributed by atoms with Gasteiger partial charge in [-0.15, -0.1) is 0 Å². The molecule has 2 unspecified atom stereocenters. The molecule has 1 heterocycles. The van der Waals surface area contributed by atoms with E-state index in [-0.39, 0.29) is 6.54 Å². The summed E-state index contributed by atoms with van der Waals surface area (Å²) in [5.41, 5.74) is 1.12. The first-order chi connectivity index (χ1) is 10.3. The minimum atomic E-state index is -1.17. The Balaban J connectivity index is 1.94. The van der Waals surface area contributed by atoms with Crippen molar-refractivity contribution in [2.24, 2.45) is 0 Å². The number of hydrogen-bond donors (Lipinski definition) is 4. The molecule has 0 aliphatic rings. The number of aliphatic hydroxyl groups is 2. The highest BCUT2D eigenvalue weighted by Gasteiger charge is 2.22.